The van der Waals surface area contributed by atoms with Crippen LogP contribution >= 0.6 is 0 Å². The van der Waals surface area contributed by atoms with Gasteiger partial charge >= 0.3 is 12.2 Å². The van der Waals surface area contributed by atoms with Gasteiger partial charge in [0, 0.05) is 6.54 Å². The second kappa shape index (κ2) is 16.6. The molecule has 14 nitrogen and oxygen atoms in total. The number of H-pyrrole nitrogens is 2. The molecule has 286 valence electrons. The van der Waals surface area contributed by atoms with E-state index in [0.717, 1.165) is 72.2 Å². The molecule has 4 amide bonds. The summed E-state index contributed by atoms with van der Waals surface area (Å²) in [5, 5.41) is 8.41. The molecule has 2 aromatic carbocycles. The van der Waals surface area contributed by atoms with Crippen molar-refractivity contribution in [3.8, 4) is 33.6 Å². The van der Waals surface area contributed by atoms with Crippen LogP contribution in [0.25, 0.3) is 33.6 Å². The molecule has 54 heavy (non-hydrogen) atoms. The number of amides is 4. The molecule has 0 spiro atoms. The molecule has 0 radical (unpaired) electrons. The zero-order valence-corrected chi connectivity index (χ0v) is 31.5. The molecule has 4 unspecified atom stereocenters. The highest BCUT2D eigenvalue weighted by Gasteiger charge is 2.46. The average Bonchev–Trinajstić information content (AvgIpc) is 3.97. The van der Waals surface area contributed by atoms with E-state index in [0.29, 0.717) is 24.6 Å². The van der Waals surface area contributed by atoms with Crippen molar-refractivity contribution in [3.63, 3.8) is 0 Å². The SMILES string of the molecule is COC(=O)NC1CCCCCC(c2ncc(-c3ccc(-c4ccc(-c5cnc(C6(C)CCCN6C(=O)C(NC(=O)OC)C(C)C)[nH]5)cc4)cc3)[nH]2)NC1=O. The van der Waals surface area contributed by atoms with Crippen LogP contribution in [0.3, 0.4) is 0 Å². The van der Waals surface area contributed by atoms with Gasteiger partial charge in [0.2, 0.25) is 11.8 Å². The van der Waals surface area contributed by atoms with Gasteiger partial charge in [-0.05, 0) is 60.8 Å². The molecule has 0 saturated carbocycles. The second-order valence-electron chi connectivity index (χ2n) is 14.6. The lowest BCUT2D eigenvalue weighted by atomic mass is 9.95. The van der Waals surface area contributed by atoms with Crippen molar-refractivity contribution >= 4 is 24.0 Å². The van der Waals surface area contributed by atoms with E-state index >= 15 is 0 Å². The summed E-state index contributed by atoms with van der Waals surface area (Å²) < 4.78 is 9.48. The highest BCUT2D eigenvalue weighted by molar-refractivity contribution is 5.87. The first-order valence-electron chi connectivity index (χ1n) is 18.6. The van der Waals surface area contributed by atoms with E-state index in [1.54, 1.807) is 12.4 Å². The minimum atomic E-state index is -0.708. The van der Waals surface area contributed by atoms with Gasteiger partial charge in [-0.15, -0.1) is 0 Å². The number of imidazole rings is 2. The quantitative estimate of drug-likeness (QED) is 0.135. The Labute approximate surface area is 315 Å². The lowest BCUT2D eigenvalue weighted by Gasteiger charge is -2.37. The Balaban J connectivity index is 1.12. The number of nitrogens with zero attached hydrogens (tertiary/aromatic N) is 3. The molecule has 0 bridgehead atoms. The number of hydrogen-bond acceptors (Lipinski definition) is 8. The molecule has 2 saturated heterocycles. The van der Waals surface area contributed by atoms with E-state index in [9.17, 15) is 19.2 Å². The third-order valence-electron chi connectivity index (χ3n) is 10.6. The minimum Gasteiger partial charge on any atom is -0.453 e. The van der Waals surface area contributed by atoms with Crippen LogP contribution in [-0.4, -0.2) is 81.7 Å². The lowest BCUT2D eigenvalue weighted by molar-refractivity contribution is -0.138. The number of methoxy groups -OCH3 is 2. The number of aromatic nitrogens is 4. The molecule has 14 heteroatoms. The van der Waals surface area contributed by atoms with Gasteiger partial charge in [-0.25, -0.2) is 19.6 Å². The van der Waals surface area contributed by atoms with Gasteiger partial charge in [-0.2, -0.15) is 0 Å². The highest BCUT2D eigenvalue weighted by Crippen LogP contribution is 2.39. The van der Waals surface area contributed by atoms with Crippen LogP contribution in [0.4, 0.5) is 9.59 Å². The Morgan fingerprint density at radius 2 is 1.41 bits per heavy atom. The van der Waals surface area contributed by atoms with E-state index < -0.39 is 29.8 Å². The topological polar surface area (TPSA) is 183 Å². The van der Waals surface area contributed by atoms with Crippen molar-refractivity contribution < 1.29 is 28.7 Å². The van der Waals surface area contributed by atoms with E-state index in [-0.39, 0.29) is 23.8 Å². The minimum absolute atomic E-state index is 0.119. The number of ether oxygens (including phenoxy) is 2. The maximum Gasteiger partial charge on any atom is 0.407 e. The summed E-state index contributed by atoms with van der Waals surface area (Å²) in [6, 6.07) is 14.8. The fraction of sp³-hybridized carbons (Fsp3) is 0.450. The van der Waals surface area contributed by atoms with Crippen LogP contribution < -0.4 is 16.0 Å². The van der Waals surface area contributed by atoms with Crippen LogP contribution in [0, 0.1) is 5.92 Å². The summed E-state index contributed by atoms with van der Waals surface area (Å²) in [4.78, 5) is 68.6. The van der Waals surface area contributed by atoms with E-state index in [4.69, 9.17) is 14.5 Å². The molecule has 6 rings (SSSR count). The Hall–Kier alpha value is -5.66. The molecule has 4 atom stereocenters. The standard InChI is InChI=1S/C40H50N8O6/c1-24(2)33(47-39(52)54-5)36(50)48-21-9-20-40(48,3)37-42-23-32(45-37)28-18-14-26(15-19-28)25-12-16-27(17-13-25)31-22-41-34(43-31)29-10-7-6-8-11-30(35(49)44-29)46-38(51)53-4/h12-19,22-24,29-30,33H,6-11,20-21H2,1-5H3,(H,41,43)(H,42,45)(H,44,49)(H,46,51)(H,47,52). The maximum absolute atomic E-state index is 13.7. The van der Waals surface area contributed by atoms with Crippen molar-refractivity contribution in [2.45, 2.75) is 89.4 Å². The summed E-state index contributed by atoms with van der Waals surface area (Å²) in [6.45, 7) is 6.39. The molecular weight excluding hydrogens is 688 g/mol. The first-order chi connectivity index (χ1) is 26.0. The monoisotopic (exact) mass is 738 g/mol. The van der Waals surface area contributed by atoms with E-state index in [2.05, 4.69) is 55.2 Å². The number of aromatic amines is 2. The second-order valence-corrected chi connectivity index (χ2v) is 14.6. The van der Waals surface area contributed by atoms with Gasteiger partial charge in [-0.1, -0.05) is 81.6 Å². The van der Waals surface area contributed by atoms with Crippen LogP contribution in [0.1, 0.15) is 83.4 Å². The van der Waals surface area contributed by atoms with Crippen LogP contribution in [-0.2, 0) is 24.6 Å². The molecule has 4 aromatic rings. The van der Waals surface area contributed by atoms with Crippen molar-refractivity contribution in [3.05, 3.63) is 72.6 Å². The van der Waals surface area contributed by atoms with Crippen LogP contribution in [0.5, 0.6) is 0 Å². The Morgan fingerprint density at radius 3 is 2.04 bits per heavy atom. The van der Waals surface area contributed by atoms with E-state index in [1.165, 1.54) is 14.2 Å². The zero-order chi connectivity index (χ0) is 38.4. The number of benzene rings is 2. The van der Waals surface area contributed by atoms with Crippen LogP contribution in [0.15, 0.2) is 60.9 Å². The van der Waals surface area contributed by atoms with Gasteiger partial charge in [0.25, 0.3) is 0 Å². The smallest absolute Gasteiger partial charge is 0.407 e. The largest absolute Gasteiger partial charge is 0.453 e. The third-order valence-corrected chi connectivity index (χ3v) is 10.6. The predicted octanol–water partition coefficient (Wildman–Crippen LogP) is 6.20. The lowest BCUT2D eigenvalue weighted by Crippen LogP contribution is -2.55. The molecule has 2 aliphatic rings. The Kier molecular flexibility index (Phi) is 11.7. The van der Waals surface area contributed by atoms with Gasteiger partial charge in [0.15, 0.2) is 0 Å². The number of likely N-dealkylation sites (tertiary alicyclic amines) is 1. The summed E-state index contributed by atoms with van der Waals surface area (Å²) in [7, 11) is 2.57. The first-order valence-corrected chi connectivity index (χ1v) is 18.6. The molecule has 0 aliphatic carbocycles. The summed E-state index contributed by atoms with van der Waals surface area (Å²) in [6.07, 6.45) is 7.90. The summed E-state index contributed by atoms with van der Waals surface area (Å²) in [5.41, 5.74) is 5.08. The van der Waals surface area contributed by atoms with Gasteiger partial charge in [0.05, 0.1) is 49.6 Å². The third kappa shape index (κ3) is 8.27. The van der Waals surface area contributed by atoms with Gasteiger partial charge in [-0.3, -0.25) is 9.59 Å². The molecule has 2 aromatic heterocycles. The molecule has 2 aliphatic heterocycles. The van der Waals surface area contributed by atoms with Crippen molar-refractivity contribution in [1.29, 1.82) is 0 Å². The number of hydrogen-bond donors (Lipinski definition) is 5. The number of carbonyl (C=O) groups is 4. The fourth-order valence-corrected chi connectivity index (χ4v) is 7.41. The van der Waals surface area contributed by atoms with Crippen molar-refractivity contribution in [2.24, 2.45) is 5.92 Å². The Morgan fingerprint density at radius 1 is 0.815 bits per heavy atom. The van der Waals surface area contributed by atoms with Crippen molar-refractivity contribution in [1.82, 2.24) is 40.8 Å². The van der Waals surface area contributed by atoms with Gasteiger partial charge in [0.1, 0.15) is 23.7 Å². The number of alkyl carbamates (subject to hydrolysis) is 2. The molecular formula is C40H50N8O6. The fourth-order valence-electron chi connectivity index (χ4n) is 7.41. The maximum atomic E-state index is 13.7. The van der Waals surface area contributed by atoms with Gasteiger partial charge < -0.3 is 40.3 Å². The number of rotatable bonds is 9. The molecule has 4 heterocycles. The summed E-state index contributed by atoms with van der Waals surface area (Å²) >= 11 is 0. The Bertz CT molecular complexity index is 1940. The molecule has 5 N–H and O–H groups in total. The zero-order valence-electron chi connectivity index (χ0n) is 31.5. The first kappa shape index (κ1) is 38.1. The highest BCUT2D eigenvalue weighted by atomic mass is 16.5. The normalized spacial score (nSPS) is 21.0. The average molecular weight is 739 g/mol. The number of carbonyl (C=O) groups excluding carboxylic acids is 4. The predicted molar refractivity (Wildman–Crippen MR) is 203 cm³/mol. The number of nitrogens with one attached hydrogen (secondary N) is 5. The van der Waals surface area contributed by atoms with Crippen LogP contribution in [0.2, 0.25) is 0 Å². The summed E-state index contributed by atoms with van der Waals surface area (Å²) in [5.74, 6) is 0.862. The van der Waals surface area contributed by atoms with Crippen molar-refractivity contribution in [2.75, 3.05) is 20.8 Å². The molecule has 2 fully saturated rings. The van der Waals surface area contributed by atoms with E-state index in [1.807, 2.05) is 49.9 Å².